The van der Waals surface area contributed by atoms with Gasteiger partial charge in [-0.2, -0.15) is 0 Å². The summed E-state index contributed by atoms with van der Waals surface area (Å²) in [7, 11) is 0. The van der Waals surface area contributed by atoms with Crippen LogP contribution in [0.25, 0.3) is 0 Å². The van der Waals surface area contributed by atoms with Crippen molar-refractivity contribution >= 4 is 5.91 Å². The Morgan fingerprint density at radius 3 is 2.82 bits per heavy atom. The lowest BCUT2D eigenvalue weighted by Gasteiger charge is -2.15. The van der Waals surface area contributed by atoms with Crippen LogP contribution in [0.2, 0.25) is 0 Å². The van der Waals surface area contributed by atoms with E-state index >= 15 is 0 Å². The minimum absolute atomic E-state index is 0.115. The van der Waals surface area contributed by atoms with Crippen molar-refractivity contribution < 1.29 is 4.79 Å². The minimum atomic E-state index is 0.115. The van der Waals surface area contributed by atoms with Crippen LogP contribution in [0, 0.1) is 0 Å². The lowest BCUT2D eigenvalue weighted by molar-refractivity contribution is 0.0766. The van der Waals surface area contributed by atoms with Gasteiger partial charge >= 0.3 is 0 Å². The SMILES string of the molecule is O=C1c2ccccc2CN1Cc1cccnc1. The third-order valence-electron chi connectivity index (χ3n) is 2.99. The van der Waals surface area contributed by atoms with Crippen LogP contribution in [-0.4, -0.2) is 15.8 Å². The van der Waals surface area contributed by atoms with Crippen molar-refractivity contribution in [1.82, 2.24) is 9.88 Å². The smallest absolute Gasteiger partial charge is 0.254 e. The van der Waals surface area contributed by atoms with Gasteiger partial charge in [0.1, 0.15) is 0 Å². The highest BCUT2D eigenvalue weighted by Crippen LogP contribution is 2.23. The maximum absolute atomic E-state index is 12.1. The molecule has 84 valence electrons. The predicted octanol–water partition coefficient (Wildman–Crippen LogP) is 2.24. The summed E-state index contributed by atoms with van der Waals surface area (Å²) in [5, 5.41) is 0. The molecule has 0 atom stereocenters. The van der Waals surface area contributed by atoms with E-state index in [1.54, 1.807) is 12.4 Å². The van der Waals surface area contributed by atoms with Crippen molar-refractivity contribution in [3.05, 3.63) is 65.5 Å². The average molecular weight is 224 g/mol. The Balaban J connectivity index is 1.83. The summed E-state index contributed by atoms with van der Waals surface area (Å²) in [5.41, 5.74) is 3.01. The zero-order valence-corrected chi connectivity index (χ0v) is 9.34. The van der Waals surface area contributed by atoms with Crippen LogP contribution in [-0.2, 0) is 13.1 Å². The zero-order valence-electron chi connectivity index (χ0n) is 9.34. The first-order chi connectivity index (χ1) is 8.34. The van der Waals surface area contributed by atoms with Crippen LogP contribution in [0.15, 0.2) is 48.8 Å². The molecule has 2 heterocycles. The number of pyridine rings is 1. The first kappa shape index (κ1) is 10.0. The van der Waals surface area contributed by atoms with Crippen LogP contribution < -0.4 is 0 Å². The number of nitrogens with zero attached hydrogens (tertiary/aromatic N) is 2. The molecule has 2 aromatic rings. The fourth-order valence-electron chi connectivity index (χ4n) is 2.15. The molecule has 0 bridgehead atoms. The third kappa shape index (κ3) is 1.80. The molecule has 3 rings (SSSR count). The Labute approximate surface area is 99.7 Å². The van der Waals surface area contributed by atoms with Gasteiger partial charge in [-0.1, -0.05) is 24.3 Å². The Kier molecular flexibility index (Phi) is 2.37. The second-order valence-corrected chi connectivity index (χ2v) is 4.18. The van der Waals surface area contributed by atoms with Gasteiger partial charge in [0.05, 0.1) is 0 Å². The second-order valence-electron chi connectivity index (χ2n) is 4.18. The lowest BCUT2D eigenvalue weighted by Crippen LogP contribution is -2.23. The number of amides is 1. The van der Waals surface area contributed by atoms with Crippen molar-refractivity contribution in [2.45, 2.75) is 13.1 Å². The van der Waals surface area contributed by atoms with Gasteiger partial charge in [-0.05, 0) is 23.3 Å². The van der Waals surface area contributed by atoms with Crippen molar-refractivity contribution in [2.75, 3.05) is 0 Å². The molecular weight excluding hydrogens is 212 g/mol. The quantitative estimate of drug-likeness (QED) is 0.783. The highest BCUT2D eigenvalue weighted by atomic mass is 16.2. The Bertz CT molecular complexity index is 551. The van der Waals surface area contributed by atoms with Gasteiger partial charge in [-0.25, -0.2) is 0 Å². The van der Waals surface area contributed by atoms with E-state index in [2.05, 4.69) is 4.98 Å². The molecule has 3 nitrogen and oxygen atoms in total. The van der Waals surface area contributed by atoms with Gasteiger partial charge < -0.3 is 4.90 Å². The van der Waals surface area contributed by atoms with Crippen molar-refractivity contribution in [3.63, 3.8) is 0 Å². The topological polar surface area (TPSA) is 33.2 Å². The number of benzene rings is 1. The summed E-state index contributed by atoms with van der Waals surface area (Å²) < 4.78 is 0. The van der Waals surface area contributed by atoms with E-state index < -0.39 is 0 Å². The van der Waals surface area contributed by atoms with Crippen molar-refractivity contribution in [1.29, 1.82) is 0 Å². The van der Waals surface area contributed by atoms with E-state index in [1.165, 1.54) is 0 Å². The molecular formula is C14H12N2O. The Morgan fingerprint density at radius 1 is 1.18 bits per heavy atom. The number of aromatic nitrogens is 1. The number of fused-ring (bicyclic) bond motifs is 1. The molecule has 0 saturated carbocycles. The van der Waals surface area contributed by atoms with E-state index in [-0.39, 0.29) is 5.91 Å². The van der Waals surface area contributed by atoms with Gasteiger partial charge in [-0.15, -0.1) is 0 Å². The standard InChI is InChI=1S/C14H12N2O/c17-14-13-6-2-1-5-12(13)10-16(14)9-11-4-3-7-15-8-11/h1-8H,9-10H2. The number of rotatable bonds is 2. The van der Waals surface area contributed by atoms with Crippen LogP contribution >= 0.6 is 0 Å². The molecule has 1 aliphatic heterocycles. The lowest BCUT2D eigenvalue weighted by atomic mass is 10.1. The van der Waals surface area contributed by atoms with Crippen molar-refractivity contribution in [2.24, 2.45) is 0 Å². The maximum atomic E-state index is 12.1. The van der Waals surface area contributed by atoms with E-state index in [4.69, 9.17) is 0 Å². The summed E-state index contributed by atoms with van der Waals surface area (Å²) >= 11 is 0. The van der Waals surface area contributed by atoms with Gasteiger partial charge in [0, 0.05) is 31.0 Å². The molecule has 0 saturated heterocycles. The summed E-state index contributed by atoms with van der Waals surface area (Å²) in [4.78, 5) is 18.0. The van der Waals surface area contributed by atoms with Gasteiger partial charge in [-0.3, -0.25) is 9.78 Å². The fraction of sp³-hybridized carbons (Fsp3) is 0.143. The molecule has 1 amide bonds. The zero-order chi connectivity index (χ0) is 11.7. The van der Waals surface area contributed by atoms with Crippen LogP contribution in [0.1, 0.15) is 21.5 Å². The molecule has 3 heteroatoms. The molecule has 0 radical (unpaired) electrons. The molecule has 0 spiro atoms. The molecule has 0 N–H and O–H groups in total. The number of carbonyl (C=O) groups excluding carboxylic acids is 1. The second kappa shape index (κ2) is 4.01. The number of hydrogen-bond donors (Lipinski definition) is 0. The van der Waals surface area contributed by atoms with Crippen LogP contribution in [0.4, 0.5) is 0 Å². The summed E-state index contributed by atoms with van der Waals surface area (Å²) in [6.07, 6.45) is 3.54. The molecule has 17 heavy (non-hydrogen) atoms. The number of hydrogen-bond acceptors (Lipinski definition) is 2. The summed E-state index contributed by atoms with van der Waals surface area (Å²) in [6.45, 7) is 1.32. The highest BCUT2D eigenvalue weighted by Gasteiger charge is 2.26. The Morgan fingerprint density at radius 2 is 2.06 bits per heavy atom. The van der Waals surface area contributed by atoms with E-state index in [1.807, 2.05) is 41.3 Å². The average Bonchev–Trinajstić information content (AvgIpc) is 2.68. The van der Waals surface area contributed by atoms with E-state index in [9.17, 15) is 4.79 Å². The van der Waals surface area contributed by atoms with Crippen LogP contribution in [0.3, 0.4) is 0 Å². The maximum Gasteiger partial charge on any atom is 0.254 e. The predicted molar refractivity (Wildman–Crippen MR) is 64.3 cm³/mol. The monoisotopic (exact) mass is 224 g/mol. The first-order valence-electron chi connectivity index (χ1n) is 5.61. The molecule has 0 unspecified atom stereocenters. The first-order valence-corrected chi connectivity index (χ1v) is 5.61. The highest BCUT2D eigenvalue weighted by molar-refractivity contribution is 5.98. The molecule has 1 aliphatic rings. The minimum Gasteiger partial charge on any atom is -0.330 e. The van der Waals surface area contributed by atoms with Gasteiger partial charge in [0.15, 0.2) is 0 Å². The van der Waals surface area contributed by atoms with E-state index in [0.717, 1.165) is 16.7 Å². The van der Waals surface area contributed by atoms with Crippen molar-refractivity contribution in [3.8, 4) is 0 Å². The molecule has 1 aromatic carbocycles. The summed E-state index contributed by atoms with van der Waals surface area (Å²) in [5.74, 6) is 0.115. The third-order valence-corrected chi connectivity index (χ3v) is 2.99. The van der Waals surface area contributed by atoms with Gasteiger partial charge in [0.2, 0.25) is 0 Å². The van der Waals surface area contributed by atoms with Gasteiger partial charge in [0.25, 0.3) is 5.91 Å². The normalized spacial score (nSPS) is 13.9. The van der Waals surface area contributed by atoms with E-state index in [0.29, 0.717) is 13.1 Å². The summed E-state index contributed by atoms with van der Waals surface area (Å²) in [6, 6.07) is 11.7. The molecule has 0 aliphatic carbocycles. The fourth-order valence-corrected chi connectivity index (χ4v) is 2.15. The van der Waals surface area contributed by atoms with Crippen LogP contribution in [0.5, 0.6) is 0 Å². The molecule has 1 aromatic heterocycles. The Hall–Kier alpha value is -2.16. The number of carbonyl (C=O) groups is 1. The largest absolute Gasteiger partial charge is 0.330 e. The molecule has 0 fully saturated rings.